The molecule has 0 amide bonds. The van der Waals surface area contributed by atoms with Gasteiger partial charge in [0.15, 0.2) is 0 Å². The highest BCUT2D eigenvalue weighted by molar-refractivity contribution is 7.89. The van der Waals surface area contributed by atoms with Crippen LogP contribution >= 0.6 is 0 Å². The van der Waals surface area contributed by atoms with E-state index in [0.29, 0.717) is 13.1 Å². The predicted molar refractivity (Wildman–Crippen MR) is 64.9 cm³/mol. The van der Waals surface area contributed by atoms with Crippen LogP contribution in [0, 0.1) is 0 Å². The Morgan fingerprint density at radius 2 is 1.65 bits per heavy atom. The Bertz CT molecular complexity index is 426. The summed E-state index contributed by atoms with van der Waals surface area (Å²) in [7, 11) is -6.97. The van der Waals surface area contributed by atoms with E-state index in [-0.39, 0.29) is 18.7 Å². The van der Waals surface area contributed by atoms with Crippen molar-refractivity contribution in [1.29, 1.82) is 0 Å². The smallest absolute Gasteiger partial charge is 0.229 e. The average Bonchev–Trinajstić information content (AvgIpc) is 2.25. The van der Waals surface area contributed by atoms with Crippen LogP contribution in [0.4, 0.5) is 0 Å². The largest absolute Gasteiger partial charge is 0.279 e. The molecule has 1 saturated heterocycles. The molecule has 0 aromatic rings. The molecule has 17 heavy (non-hydrogen) atoms. The highest BCUT2D eigenvalue weighted by Gasteiger charge is 2.22. The Morgan fingerprint density at radius 3 is 2.18 bits per heavy atom. The molecule has 3 N–H and O–H groups in total. The van der Waals surface area contributed by atoms with Crippen molar-refractivity contribution in [3.63, 3.8) is 0 Å². The fourth-order valence-electron chi connectivity index (χ4n) is 1.67. The van der Waals surface area contributed by atoms with Crippen molar-refractivity contribution in [3.8, 4) is 0 Å². The van der Waals surface area contributed by atoms with Crippen molar-refractivity contribution < 1.29 is 16.8 Å². The van der Waals surface area contributed by atoms with Gasteiger partial charge in [-0.1, -0.05) is 6.42 Å². The number of piperidine rings is 1. The number of hydrogen-bond donors (Lipinski definition) is 2. The van der Waals surface area contributed by atoms with E-state index >= 15 is 0 Å². The number of nitrogens with zero attached hydrogens (tertiary/aromatic N) is 1. The zero-order chi connectivity index (χ0) is 12.9. The summed E-state index contributed by atoms with van der Waals surface area (Å²) in [6.45, 7) is 1.16. The molecular formula is C8H19N3O4S2. The van der Waals surface area contributed by atoms with Gasteiger partial charge in [0.2, 0.25) is 10.0 Å². The molecule has 0 aromatic carbocycles. The van der Waals surface area contributed by atoms with Crippen molar-refractivity contribution in [3.05, 3.63) is 0 Å². The van der Waals surface area contributed by atoms with Crippen LogP contribution in [0.25, 0.3) is 0 Å². The van der Waals surface area contributed by atoms with Gasteiger partial charge in [-0.15, -0.1) is 0 Å². The summed E-state index contributed by atoms with van der Waals surface area (Å²) in [6.07, 6.45) is 2.99. The maximum Gasteiger partial charge on any atom is 0.279 e. The van der Waals surface area contributed by atoms with Gasteiger partial charge in [0.25, 0.3) is 10.2 Å². The molecule has 0 unspecified atom stereocenters. The van der Waals surface area contributed by atoms with Gasteiger partial charge in [0.05, 0.1) is 5.75 Å². The minimum atomic E-state index is -3.52. The van der Waals surface area contributed by atoms with Gasteiger partial charge in [-0.05, 0) is 19.3 Å². The molecular weight excluding hydrogens is 266 g/mol. The summed E-state index contributed by atoms with van der Waals surface area (Å²) in [6, 6.07) is 0. The van der Waals surface area contributed by atoms with Gasteiger partial charge in [0, 0.05) is 19.6 Å². The van der Waals surface area contributed by atoms with E-state index < -0.39 is 20.2 Å². The molecule has 7 nitrogen and oxygen atoms in total. The number of hydrogen-bond acceptors (Lipinski definition) is 4. The Hall–Kier alpha value is -0.220. The summed E-state index contributed by atoms with van der Waals surface area (Å²) < 4.78 is 48.6. The quantitative estimate of drug-likeness (QED) is 0.609. The van der Waals surface area contributed by atoms with Crippen molar-refractivity contribution in [1.82, 2.24) is 9.03 Å². The molecule has 0 aliphatic carbocycles. The number of sulfonamides is 1. The van der Waals surface area contributed by atoms with Crippen LogP contribution in [-0.2, 0) is 20.2 Å². The SMILES string of the molecule is NS(=O)(=O)CCCNS(=O)(=O)N1CCCCC1. The topological polar surface area (TPSA) is 110 Å². The molecule has 0 spiro atoms. The lowest BCUT2D eigenvalue weighted by Crippen LogP contribution is -2.43. The first-order valence-electron chi connectivity index (χ1n) is 5.56. The fourth-order valence-corrected chi connectivity index (χ4v) is 3.54. The lowest BCUT2D eigenvalue weighted by atomic mass is 10.2. The second-order valence-electron chi connectivity index (χ2n) is 4.08. The van der Waals surface area contributed by atoms with Crippen molar-refractivity contribution in [2.24, 2.45) is 5.14 Å². The normalized spacial score (nSPS) is 19.4. The molecule has 1 aliphatic heterocycles. The first kappa shape index (κ1) is 14.8. The van der Waals surface area contributed by atoms with Gasteiger partial charge < -0.3 is 0 Å². The molecule has 0 saturated carbocycles. The molecule has 9 heteroatoms. The molecule has 1 fully saturated rings. The van der Waals surface area contributed by atoms with Crippen LogP contribution in [0.3, 0.4) is 0 Å². The van der Waals surface area contributed by atoms with Crippen LogP contribution in [0.1, 0.15) is 25.7 Å². The maximum absolute atomic E-state index is 11.7. The average molecular weight is 285 g/mol. The summed E-state index contributed by atoms with van der Waals surface area (Å²) in [5, 5.41) is 4.81. The molecule has 0 atom stereocenters. The fraction of sp³-hybridized carbons (Fsp3) is 1.00. The lowest BCUT2D eigenvalue weighted by Gasteiger charge is -2.25. The predicted octanol–water partition coefficient (Wildman–Crippen LogP) is -1.01. The lowest BCUT2D eigenvalue weighted by molar-refractivity contribution is 0.342. The first-order chi connectivity index (χ1) is 7.81. The summed E-state index contributed by atoms with van der Waals surface area (Å²) in [4.78, 5) is 0. The second kappa shape index (κ2) is 6.10. The second-order valence-corrected chi connectivity index (χ2v) is 7.57. The summed E-state index contributed by atoms with van der Waals surface area (Å²) in [5.74, 6) is -0.213. The van der Waals surface area contributed by atoms with Crippen LogP contribution in [0.2, 0.25) is 0 Å². The van der Waals surface area contributed by atoms with E-state index in [9.17, 15) is 16.8 Å². The minimum absolute atomic E-state index is 0.0925. The maximum atomic E-state index is 11.7. The van der Waals surface area contributed by atoms with Gasteiger partial charge in [-0.3, -0.25) is 0 Å². The number of nitrogens with one attached hydrogen (secondary N) is 1. The van der Waals surface area contributed by atoms with Crippen LogP contribution in [0.5, 0.6) is 0 Å². The van der Waals surface area contributed by atoms with E-state index in [1.165, 1.54) is 4.31 Å². The minimum Gasteiger partial charge on any atom is -0.229 e. The van der Waals surface area contributed by atoms with E-state index in [1.807, 2.05) is 0 Å². The van der Waals surface area contributed by atoms with Crippen LogP contribution in [-0.4, -0.2) is 46.5 Å². The number of rotatable bonds is 6. The molecule has 1 aliphatic rings. The molecule has 0 radical (unpaired) electrons. The van der Waals surface area contributed by atoms with Crippen molar-refractivity contribution >= 4 is 20.2 Å². The Kier molecular flexibility index (Phi) is 5.32. The monoisotopic (exact) mass is 285 g/mol. The van der Waals surface area contributed by atoms with E-state index in [4.69, 9.17) is 5.14 Å². The summed E-state index contributed by atoms with van der Waals surface area (Å²) >= 11 is 0. The molecule has 0 bridgehead atoms. The van der Waals surface area contributed by atoms with E-state index in [0.717, 1.165) is 19.3 Å². The third kappa shape index (κ3) is 5.77. The summed E-state index contributed by atoms with van der Waals surface area (Å²) in [5.41, 5.74) is 0. The third-order valence-electron chi connectivity index (χ3n) is 2.55. The third-order valence-corrected chi connectivity index (χ3v) is 5.02. The van der Waals surface area contributed by atoms with E-state index in [2.05, 4.69) is 4.72 Å². The Balaban J connectivity index is 2.34. The van der Waals surface area contributed by atoms with E-state index in [1.54, 1.807) is 0 Å². The zero-order valence-electron chi connectivity index (χ0n) is 9.63. The highest BCUT2D eigenvalue weighted by atomic mass is 32.2. The molecule has 1 rings (SSSR count). The van der Waals surface area contributed by atoms with Gasteiger partial charge >= 0.3 is 0 Å². The van der Waals surface area contributed by atoms with Crippen molar-refractivity contribution in [2.75, 3.05) is 25.4 Å². The van der Waals surface area contributed by atoms with Gasteiger partial charge in [0.1, 0.15) is 0 Å². The Morgan fingerprint density at radius 1 is 1.06 bits per heavy atom. The van der Waals surface area contributed by atoms with Gasteiger partial charge in [-0.2, -0.15) is 12.7 Å². The Labute approximate surface area is 103 Å². The van der Waals surface area contributed by atoms with Crippen LogP contribution in [0.15, 0.2) is 0 Å². The molecule has 1 heterocycles. The van der Waals surface area contributed by atoms with Crippen LogP contribution < -0.4 is 9.86 Å². The van der Waals surface area contributed by atoms with Gasteiger partial charge in [-0.25, -0.2) is 18.3 Å². The standard InChI is InChI=1S/C8H19N3O4S2/c9-16(12,13)8-4-5-10-17(14,15)11-6-2-1-3-7-11/h10H,1-8H2,(H2,9,12,13). The first-order valence-corrected chi connectivity index (χ1v) is 8.72. The molecule has 0 aromatic heterocycles. The zero-order valence-corrected chi connectivity index (χ0v) is 11.3. The highest BCUT2D eigenvalue weighted by Crippen LogP contribution is 2.11. The van der Waals surface area contributed by atoms with Crippen molar-refractivity contribution in [2.45, 2.75) is 25.7 Å². The molecule has 102 valence electrons. The number of primary sulfonamides is 1. The number of nitrogens with two attached hydrogens (primary N) is 1.